The predicted octanol–water partition coefficient (Wildman–Crippen LogP) is 3.43. The summed E-state index contributed by atoms with van der Waals surface area (Å²) < 4.78 is 6.09. The van der Waals surface area contributed by atoms with Gasteiger partial charge in [0.05, 0.1) is 24.6 Å². The standard InChI is InChI=1S/C27H32N5O2/c1-31(11-13-33)18-21-14-23(15-21)26-25-17-29-10-12-32(25,28)27(30-26)22-8-5-9-24(16-22)34-19-20-6-3-2-4-7-20/h2-10,12,16-17,21,23,33H,11,13-15,18-19,28H2,1H3/q+1. The molecule has 0 amide bonds. The zero-order valence-corrected chi connectivity index (χ0v) is 19.5. The van der Waals surface area contributed by atoms with Crippen LogP contribution in [-0.4, -0.2) is 53.4 Å². The molecule has 0 radical (unpaired) electrons. The second-order valence-electron chi connectivity index (χ2n) is 9.38. The summed E-state index contributed by atoms with van der Waals surface area (Å²) in [6.45, 7) is 2.41. The van der Waals surface area contributed by atoms with Crippen LogP contribution in [0.3, 0.4) is 0 Å². The predicted molar refractivity (Wildman–Crippen MR) is 134 cm³/mol. The summed E-state index contributed by atoms with van der Waals surface area (Å²) in [6, 6.07) is 18.1. The van der Waals surface area contributed by atoms with Crippen molar-refractivity contribution in [3.63, 3.8) is 0 Å². The van der Waals surface area contributed by atoms with Gasteiger partial charge in [0, 0.05) is 19.0 Å². The van der Waals surface area contributed by atoms with Gasteiger partial charge in [-0.1, -0.05) is 36.4 Å². The fourth-order valence-corrected chi connectivity index (χ4v) is 4.98. The summed E-state index contributed by atoms with van der Waals surface area (Å²) in [5.74, 6) is 9.47. The number of hydrogen-bond donors (Lipinski definition) is 2. The minimum Gasteiger partial charge on any atom is -0.489 e. The molecule has 2 aromatic rings. The van der Waals surface area contributed by atoms with Gasteiger partial charge in [-0.3, -0.25) is 4.99 Å². The third-order valence-electron chi connectivity index (χ3n) is 6.84. The lowest BCUT2D eigenvalue weighted by atomic mass is 9.72. The second-order valence-corrected chi connectivity index (χ2v) is 9.38. The summed E-state index contributed by atoms with van der Waals surface area (Å²) >= 11 is 0. The Bertz CT molecular complexity index is 1150. The van der Waals surface area contributed by atoms with E-state index in [4.69, 9.17) is 20.7 Å². The fourth-order valence-electron chi connectivity index (χ4n) is 4.98. The van der Waals surface area contributed by atoms with Crippen molar-refractivity contribution < 1.29 is 14.4 Å². The number of amidine groups is 1. The number of nitrogens with two attached hydrogens (primary N) is 1. The molecule has 176 valence electrons. The number of nitrogens with zero attached hydrogens (tertiary/aromatic N) is 4. The van der Waals surface area contributed by atoms with Gasteiger partial charge in [0.2, 0.25) is 5.70 Å². The molecule has 0 saturated heterocycles. The van der Waals surface area contributed by atoms with E-state index in [0.717, 1.165) is 53.5 Å². The Kier molecular flexibility index (Phi) is 6.43. The van der Waals surface area contributed by atoms with E-state index < -0.39 is 0 Å². The van der Waals surface area contributed by atoms with Crippen molar-refractivity contribution in [1.82, 2.24) is 4.90 Å². The topological polar surface area (TPSA) is 83.4 Å². The average molecular weight is 459 g/mol. The fraction of sp³-hybridized carbons (Fsp3) is 0.333. The molecule has 0 aromatic heterocycles. The molecule has 2 aromatic carbocycles. The maximum absolute atomic E-state index is 9.16. The summed E-state index contributed by atoms with van der Waals surface area (Å²) in [5, 5.41) is 9.16. The van der Waals surface area contributed by atoms with Crippen molar-refractivity contribution in [2.45, 2.75) is 19.4 Å². The Balaban J connectivity index is 1.34. The Morgan fingerprint density at radius 3 is 2.76 bits per heavy atom. The highest BCUT2D eigenvalue weighted by atomic mass is 16.5. The first kappa shape index (κ1) is 22.7. The Morgan fingerprint density at radius 1 is 1.15 bits per heavy atom. The molecule has 1 saturated carbocycles. The molecule has 5 rings (SSSR count). The van der Waals surface area contributed by atoms with Crippen LogP contribution >= 0.6 is 0 Å². The van der Waals surface area contributed by atoms with E-state index in [2.05, 4.69) is 29.1 Å². The number of ether oxygens (including phenoxy) is 1. The highest BCUT2D eigenvalue weighted by Gasteiger charge is 2.48. The lowest BCUT2D eigenvalue weighted by Crippen LogP contribution is -2.53. The first-order chi connectivity index (χ1) is 16.6. The lowest BCUT2D eigenvalue weighted by Gasteiger charge is -2.37. The van der Waals surface area contributed by atoms with Gasteiger partial charge in [-0.15, -0.1) is 4.59 Å². The van der Waals surface area contributed by atoms with Crippen LogP contribution in [0, 0.1) is 11.8 Å². The van der Waals surface area contributed by atoms with Gasteiger partial charge in [0.25, 0.3) is 5.84 Å². The molecule has 2 aliphatic heterocycles. The molecular weight excluding hydrogens is 426 g/mol. The Hall–Kier alpha value is -3.10. The Morgan fingerprint density at radius 2 is 1.97 bits per heavy atom. The summed E-state index contributed by atoms with van der Waals surface area (Å²) in [5.41, 5.74) is 4.06. The molecule has 1 atom stereocenters. The molecular formula is C27H32N5O2+. The smallest absolute Gasteiger partial charge is 0.265 e. The zero-order chi connectivity index (χ0) is 23.5. The first-order valence-electron chi connectivity index (χ1n) is 11.9. The lowest BCUT2D eigenvalue weighted by molar-refractivity contribution is -0.750. The minimum absolute atomic E-state index is 0.0343. The van der Waals surface area contributed by atoms with E-state index in [9.17, 15) is 0 Å². The number of quaternary nitrogens is 1. The molecule has 1 unspecified atom stereocenters. The van der Waals surface area contributed by atoms with Crippen molar-refractivity contribution in [2.75, 3.05) is 26.7 Å². The molecule has 7 heteroatoms. The number of aliphatic imine (C=N–C) groups is 2. The third-order valence-corrected chi connectivity index (χ3v) is 6.84. The molecule has 3 aliphatic rings. The number of aliphatic hydroxyl groups excluding tert-OH is 1. The quantitative estimate of drug-likeness (QED) is 0.445. The largest absolute Gasteiger partial charge is 0.489 e. The van der Waals surface area contributed by atoms with E-state index in [-0.39, 0.29) is 11.2 Å². The Labute approximate surface area is 200 Å². The molecule has 2 heterocycles. The van der Waals surface area contributed by atoms with Crippen molar-refractivity contribution in [3.8, 4) is 5.75 Å². The number of aliphatic hydroxyl groups is 1. The van der Waals surface area contributed by atoms with Crippen LogP contribution in [0.1, 0.15) is 24.0 Å². The number of hydrogen-bond acceptors (Lipinski definition) is 6. The number of rotatable bonds is 9. The normalized spacial score (nSPS) is 25.4. The van der Waals surface area contributed by atoms with Crippen LogP contribution < -0.4 is 10.6 Å². The van der Waals surface area contributed by atoms with E-state index in [0.29, 0.717) is 25.0 Å². The van der Waals surface area contributed by atoms with Gasteiger partial charge in [0.1, 0.15) is 24.3 Å². The molecule has 0 spiro atoms. The van der Waals surface area contributed by atoms with Gasteiger partial charge in [-0.2, -0.15) is 10.8 Å². The molecule has 7 nitrogen and oxygen atoms in total. The molecule has 1 fully saturated rings. The maximum atomic E-state index is 9.16. The van der Waals surface area contributed by atoms with E-state index in [1.807, 2.05) is 54.9 Å². The second kappa shape index (κ2) is 9.64. The number of fused-ring (bicyclic) bond motifs is 1. The summed E-state index contributed by atoms with van der Waals surface area (Å²) in [4.78, 5) is 11.7. The first-order valence-corrected chi connectivity index (χ1v) is 11.9. The van der Waals surface area contributed by atoms with Crippen LogP contribution in [0.5, 0.6) is 5.75 Å². The molecule has 3 N–H and O–H groups in total. The van der Waals surface area contributed by atoms with Crippen LogP contribution in [-0.2, 0) is 6.61 Å². The average Bonchev–Trinajstić information content (AvgIpc) is 3.13. The number of likely N-dealkylation sites (N-methyl/N-ethyl adjacent to an activating group) is 1. The SMILES string of the molecule is CN(CCO)CC1CC(C2=C3C=NC=C[N+]3(N)C(c3cccc(OCc4ccccc4)c3)=N2)C1. The summed E-state index contributed by atoms with van der Waals surface area (Å²) in [7, 11) is 2.06. The minimum atomic E-state index is 0.0343. The highest BCUT2D eigenvalue weighted by molar-refractivity contribution is 6.00. The monoisotopic (exact) mass is 458 g/mol. The van der Waals surface area contributed by atoms with Gasteiger partial charge in [-0.25, -0.2) is 0 Å². The summed E-state index contributed by atoms with van der Waals surface area (Å²) in [6.07, 6.45) is 7.63. The van der Waals surface area contributed by atoms with Crippen molar-refractivity contribution >= 4 is 12.1 Å². The van der Waals surface area contributed by atoms with Gasteiger partial charge in [-0.05, 0) is 49.6 Å². The van der Waals surface area contributed by atoms with Crippen LogP contribution in [0.25, 0.3) is 0 Å². The molecule has 1 aliphatic carbocycles. The zero-order valence-electron chi connectivity index (χ0n) is 19.5. The van der Waals surface area contributed by atoms with Crippen molar-refractivity contribution in [3.05, 3.63) is 89.5 Å². The molecule has 0 bridgehead atoms. The van der Waals surface area contributed by atoms with Gasteiger partial charge < -0.3 is 14.7 Å². The number of allylic oxidation sites excluding steroid dienone is 2. The van der Waals surface area contributed by atoms with Crippen LogP contribution in [0.15, 0.2) is 88.4 Å². The highest BCUT2D eigenvalue weighted by Crippen LogP contribution is 2.45. The van der Waals surface area contributed by atoms with E-state index in [1.54, 1.807) is 6.20 Å². The maximum Gasteiger partial charge on any atom is 0.265 e. The molecule has 34 heavy (non-hydrogen) atoms. The van der Waals surface area contributed by atoms with Crippen molar-refractivity contribution in [1.29, 1.82) is 0 Å². The third kappa shape index (κ3) is 4.48. The van der Waals surface area contributed by atoms with Gasteiger partial charge >= 0.3 is 0 Å². The van der Waals surface area contributed by atoms with Crippen LogP contribution in [0.4, 0.5) is 0 Å². The van der Waals surface area contributed by atoms with Crippen molar-refractivity contribution in [2.24, 2.45) is 27.7 Å². The van der Waals surface area contributed by atoms with E-state index in [1.165, 1.54) is 0 Å². The van der Waals surface area contributed by atoms with E-state index >= 15 is 0 Å². The van der Waals surface area contributed by atoms with Gasteiger partial charge in [0.15, 0.2) is 0 Å². The number of benzene rings is 2. The van der Waals surface area contributed by atoms with Crippen LogP contribution in [0.2, 0.25) is 0 Å².